The Balaban J connectivity index is 4.70. The number of nitrogens with two attached hydrogens (primary N) is 3. The summed E-state index contributed by atoms with van der Waals surface area (Å²) >= 11 is 0. The maximum Gasteiger partial charge on any atom is 0.326 e. The summed E-state index contributed by atoms with van der Waals surface area (Å²) in [6.45, 7) is 3.61. The number of primary amides is 1. The Morgan fingerprint density at radius 1 is 0.725 bits per heavy atom. The van der Waals surface area contributed by atoms with Crippen LogP contribution in [0.2, 0.25) is 0 Å². The van der Waals surface area contributed by atoms with Crippen molar-refractivity contribution in [2.24, 2.45) is 23.1 Å². The summed E-state index contributed by atoms with van der Waals surface area (Å²) < 4.78 is 0. The lowest BCUT2D eigenvalue weighted by Crippen LogP contribution is -2.50. The third kappa shape index (κ3) is 16.1. The molecule has 0 heterocycles. The van der Waals surface area contributed by atoms with E-state index in [9.17, 15) is 33.9 Å². The Hall–Kier alpha value is -3.06. The average Bonchev–Trinajstić information content (AvgIpc) is 2.89. The number of carboxylic acid groups (broad SMARTS) is 2. The third-order valence-corrected chi connectivity index (χ3v) is 6.85. The lowest BCUT2D eigenvalue weighted by atomic mass is 9.86. The van der Waals surface area contributed by atoms with Gasteiger partial charge in [-0.2, -0.15) is 0 Å². The van der Waals surface area contributed by atoms with Crippen molar-refractivity contribution in [3.63, 3.8) is 0 Å². The molecule has 3 amide bonds. The Morgan fingerprint density at radius 3 is 1.77 bits per heavy atom. The second-order valence-corrected chi connectivity index (χ2v) is 10.3. The zero-order chi connectivity index (χ0) is 30.7. The molecule has 0 saturated carbocycles. The Bertz CT molecular complexity index is 838. The van der Waals surface area contributed by atoms with Crippen LogP contribution in [-0.2, 0) is 28.8 Å². The molecule has 5 atom stereocenters. The molecule has 40 heavy (non-hydrogen) atoms. The number of ketones is 1. The number of Topliss-reactive ketones (excluding diaryl/α,β-unsaturated/α-hetero) is 1. The van der Waals surface area contributed by atoms with Gasteiger partial charge < -0.3 is 38.0 Å². The largest absolute Gasteiger partial charge is 0.480 e. The smallest absolute Gasteiger partial charge is 0.326 e. The first-order chi connectivity index (χ1) is 18.8. The van der Waals surface area contributed by atoms with Crippen LogP contribution in [0.1, 0.15) is 104 Å². The van der Waals surface area contributed by atoms with Gasteiger partial charge in [-0.3, -0.25) is 24.0 Å². The number of nitrogens with one attached hydrogen (secondary N) is 2. The molecule has 0 aromatic heterocycles. The van der Waals surface area contributed by atoms with Crippen LogP contribution in [0.5, 0.6) is 0 Å². The van der Waals surface area contributed by atoms with Crippen LogP contribution in [0, 0.1) is 5.92 Å². The lowest BCUT2D eigenvalue weighted by Gasteiger charge is -2.23. The number of carboxylic acids is 2. The fraction of sp³-hybridized carbons (Fsp3) is 0.778. The molecule has 0 aliphatic heterocycles. The SMILES string of the molecule is CCCCCCCCCCCC(=O)N[C@@H](C)C(=O)N[C@H](CCC(=O)C(CCC(N)C(=O)O)C(N)C(N)=O)C(=O)O. The van der Waals surface area contributed by atoms with Gasteiger partial charge in [0.25, 0.3) is 0 Å². The van der Waals surface area contributed by atoms with E-state index in [1.165, 1.54) is 39.0 Å². The molecule has 0 spiro atoms. The van der Waals surface area contributed by atoms with E-state index in [0.717, 1.165) is 19.3 Å². The molecule has 10 N–H and O–H groups in total. The molecule has 0 radical (unpaired) electrons. The first-order valence-electron chi connectivity index (χ1n) is 14.2. The molecule has 230 valence electrons. The predicted molar refractivity (Wildman–Crippen MR) is 149 cm³/mol. The summed E-state index contributed by atoms with van der Waals surface area (Å²) in [4.78, 5) is 71.7. The second kappa shape index (κ2) is 20.8. The number of amides is 3. The van der Waals surface area contributed by atoms with Crippen molar-refractivity contribution in [3.8, 4) is 0 Å². The molecule has 0 fully saturated rings. The molecule has 0 saturated heterocycles. The van der Waals surface area contributed by atoms with E-state index >= 15 is 0 Å². The van der Waals surface area contributed by atoms with Gasteiger partial charge in [0.15, 0.2) is 0 Å². The van der Waals surface area contributed by atoms with Gasteiger partial charge in [-0.25, -0.2) is 4.79 Å². The van der Waals surface area contributed by atoms with Gasteiger partial charge in [-0.15, -0.1) is 0 Å². The fourth-order valence-electron chi connectivity index (χ4n) is 4.22. The normalized spacial score (nSPS) is 14.8. The van der Waals surface area contributed by atoms with Crippen LogP contribution in [-0.4, -0.2) is 69.8 Å². The maximum absolute atomic E-state index is 12.8. The van der Waals surface area contributed by atoms with Crippen LogP contribution >= 0.6 is 0 Å². The highest BCUT2D eigenvalue weighted by Crippen LogP contribution is 2.17. The quantitative estimate of drug-likeness (QED) is 0.0808. The number of rotatable bonds is 24. The van der Waals surface area contributed by atoms with Crippen molar-refractivity contribution in [2.75, 3.05) is 0 Å². The Morgan fingerprint density at radius 2 is 1.27 bits per heavy atom. The van der Waals surface area contributed by atoms with E-state index in [4.69, 9.17) is 22.3 Å². The molecule has 0 rings (SSSR count). The highest BCUT2D eigenvalue weighted by molar-refractivity contribution is 5.92. The molecular weight excluding hydrogens is 522 g/mol. The summed E-state index contributed by atoms with van der Waals surface area (Å²) in [7, 11) is 0. The summed E-state index contributed by atoms with van der Waals surface area (Å²) in [6.07, 6.45) is 9.23. The monoisotopic (exact) mass is 571 g/mol. The van der Waals surface area contributed by atoms with E-state index in [1.807, 2.05) is 0 Å². The van der Waals surface area contributed by atoms with Crippen LogP contribution < -0.4 is 27.8 Å². The molecular formula is C27H49N5O8. The Kier molecular flexibility index (Phi) is 19.2. The van der Waals surface area contributed by atoms with Crippen molar-refractivity contribution in [3.05, 3.63) is 0 Å². The van der Waals surface area contributed by atoms with Gasteiger partial charge in [0.1, 0.15) is 23.9 Å². The summed E-state index contributed by atoms with van der Waals surface area (Å²) in [6, 6.07) is -5.12. The number of hydrogen-bond donors (Lipinski definition) is 7. The van der Waals surface area contributed by atoms with Gasteiger partial charge in [-0.1, -0.05) is 58.3 Å². The lowest BCUT2D eigenvalue weighted by molar-refractivity contribution is -0.143. The number of carbonyl (C=O) groups excluding carboxylic acids is 4. The van der Waals surface area contributed by atoms with Gasteiger partial charge in [0.05, 0.1) is 6.04 Å². The molecule has 0 aliphatic carbocycles. The number of aliphatic carboxylic acids is 2. The van der Waals surface area contributed by atoms with E-state index in [2.05, 4.69) is 17.6 Å². The Labute approximate surface area is 236 Å². The van der Waals surface area contributed by atoms with E-state index in [0.29, 0.717) is 6.42 Å². The zero-order valence-corrected chi connectivity index (χ0v) is 23.9. The summed E-state index contributed by atoms with van der Waals surface area (Å²) in [5.74, 6) is -6.45. The first-order valence-corrected chi connectivity index (χ1v) is 14.2. The minimum absolute atomic E-state index is 0.136. The average molecular weight is 572 g/mol. The van der Waals surface area contributed by atoms with E-state index in [1.54, 1.807) is 0 Å². The van der Waals surface area contributed by atoms with Crippen LogP contribution in [0.25, 0.3) is 0 Å². The third-order valence-electron chi connectivity index (χ3n) is 6.85. The van der Waals surface area contributed by atoms with Crippen molar-refractivity contribution in [1.29, 1.82) is 0 Å². The van der Waals surface area contributed by atoms with Crippen LogP contribution in [0.3, 0.4) is 0 Å². The standard InChI is InChI=1S/C27H49N5O8/c1-3-4-5-6-7-8-9-10-11-12-22(34)31-17(2)25(36)32-20(27(39)40)15-16-21(33)18(23(29)24(30)35)13-14-19(28)26(37)38/h17-20,23H,3-16,28-29H2,1-2H3,(H2,30,35)(H,31,34)(H,32,36)(H,37,38)(H,39,40)/t17-,18?,19?,20+,23?/m0/s1. The predicted octanol–water partition coefficient (Wildman–Crippen LogP) is 0.952. The molecule has 13 nitrogen and oxygen atoms in total. The van der Waals surface area contributed by atoms with Crippen molar-refractivity contribution >= 4 is 35.4 Å². The highest BCUT2D eigenvalue weighted by Gasteiger charge is 2.32. The van der Waals surface area contributed by atoms with Crippen LogP contribution in [0.15, 0.2) is 0 Å². The maximum atomic E-state index is 12.8. The van der Waals surface area contributed by atoms with E-state index in [-0.39, 0.29) is 38.0 Å². The van der Waals surface area contributed by atoms with Gasteiger partial charge in [0, 0.05) is 18.8 Å². The molecule has 0 aromatic rings. The minimum atomic E-state index is -1.44. The molecule has 13 heteroatoms. The van der Waals surface area contributed by atoms with Crippen LogP contribution in [0.4, 0.5) is 0 Å². The number of unbranched alkanes of at least 4 members (excludes halogenated alkanes) is 8. The molecule has 0 aromatic carbocycles. The van der Waals surface area contributed by atoms with Crippen molar-refractivity contribution in [2.45, 2.75) is 128 Å². The first kappa shape index (κ1) is 36.9. The second-order valence-electron chi connectivity index (χ2n) is 10.3. The van der Waals surface area contributed by atoms with E-state index < -0.39 is 59.6 Å². The number of hydrogen-bond acceptors (Lipinski definition) is 8. The topological polar surface area (TPSA) is 245 Å². The van der Waals surface area contributed by atoms with Gasteiger partial charge >= 0.3 is 11.9 Å². The van der Waals surface area contributed by atoms with Gasteiger partial charge in [-0.05, 0) is 32.6 Å². The minimum Gasteiger partial charge on any atom is -0.480 e. The highest BCUT2D eigenvalue weighted by atomic mass is 16.4. The molecule has 0 bridgehead atoms. The molecule has 0 aliphatic rings. The summed E-state index contributed by atoms with van der Waals surface area (Å²) in [5, 5.41) is 23.3. The van der Waals surface area contributed by atoms with Crippen molar-refractivity contribution < 1.29 is 39.0 Å². The fourth-order valence-corrected chi connectivity index (χ4v) is 4.22. The number of carbonyl (C=O) groups is 6. The summed E-state index contributed by atoms with van der Waals surface area (Å²) in [5.41, 5.74) is 16.4. The molecule has 3 unspecified atom stereocenters. The zero-order valence-electron chi connectivity index (χ0n) is 23.9. The van der Waals surface area contributed by atoms with Gasteiger partial charge in [0.2, 0.25) is 17.7 Å². The van der Waals surface area contributed by atoms with Crippen molar-refractivity contribution in [1.82, 2.24) is 10.6 Å².